The van der Waals surface area contributed by atoms with Crippen molar-refractivity contribution in [1.82, 2.24) is 10.6 Å². The Morgan fingerprint density at radius 2 is 2.06 bits per heavy atom. The molecule has 1 atom stereocenters. The number of carbonyl (C=O) groups excluding carboxylic acids is 1. The van der Waals surface area contributed by atoms with Crippen molar-refractivity contribution in [3.63, 3.8) is 0 Å². The fourth-order valence-corrected chi connectivity index (χ4v) is 1.23. The molecule has 0 aromatic carbocycles. The van der Waals surface area contributed by atoms with Gasteiger partial charge >= 0.3 is 5.97 Å². The second kappa shape index (κ2) is 7.87. The lowest BCUT2D eigenvalue weighted by Crippen LogP contribution is -2.45. The number of aliphatic carboxylic acids is 1. The molecule has 1 amide bonds. The van der Waals surface area contributed by atoms with Gasteiger partial charge in [-0.15, -0.1) is 6.58 Å². The summed E-state index contributed by atoms with van der Waals surface area (Å²) < 4.78 is 0. The van der Waals surface area contributed by atoms with E-state index < -0.39 is 12.0 Å². The minimum absolute atomic E-state index is 0.105. The van der Waals surface area contributed by atoms with Gasteiger partial charge in [0.15, 0.2) is 0 Å². The number of carboxylic acid groups (broad SMARTS) is 1. The Hall–Kier alpha value is -1.36. The van der Waals surface area contributed by atoms with Gasteiger partial charge in [0.1, 0.15) is 6.04 Å². The van der Waals surface area contributed by atoms with E-state index in [1.807, 2.05) is 13.8 Å². The molecule has 0 unspecified atom stereocenters. The van der Waals surface area contributed by atoms with Crippen molar-refractivity contribution >= 4 is 11.9 Å². The maximum atomic E-state index is 11.3. The second-order valence-corrected chi connectivity index (χ2v) is 4.01. The second-order valence-electron chi connectivity index (χ2n) is 4.01. The molecule has 5 heteroatoms. The van der Waals surface area contributed by atoms with Crippen LogP contribution in [0.4, 0.5) is 0 Å². The van der Waals surface area contributed by atoms with E-state index in [9.17, 15) is 9.59 Å². The van der Waals surface area contributed by atoms with E-state index in [0.29, 0.717) is 13.0 Å². The highest BCUT2D eigenvalue weighted by atomic mass is 16.4. The molecule has 3 N–H and O–H groups in total. The summed E-state index contributed by atoms with van der Waals surface area (Å²) in [6.45, 7) is 7.96. The van der Waals surface area contributed by atoms with Gasteiger partial charge in [0.05, 0.1) is 6.54 Å². The zero-order valence-electron chi connectivity index (χ0n) is 9.82. The Morgan fingerprint density at radius 3 is 2.50 bits per heavy atom. The molecule has 0 aliphatic heterocycles. The van der Waals surface area contributed by atoms with E-state index in [2.05, 4.69) is 17.2 Å². The fourth-order valence-electron chi connectivity index (χ4n) is 1.23. The summed E-state index contributed by atoms with van der Waals surface area (Å²) in [5.74, 6) is -1.08. The van der Waals surface area contributed by atoms with Crippen molar-refractivity contribution in [2.45, 2.75) is 26.3 Å². The smallest absolute Gasteiger partial charge is 0.326 e. The first-order valence-electron chi connectivity index (χ1n) is 5.31. The van der Waals surface area contributed by atoms with Gasteiger partial charge in [0, 0.05) is 6.54 Å². The number of rotatable bonds is 8. The molecule has 16 heavy (non-hydrogen) atoms. The Morgan fingerprint density at radius 1 is 1.44 bits per heavy atom. The molecule has 0 saturated heterocycles. The first-order valence-corrected chi connectivity index (χ1v) is 5.31. The zero-order valence-corrected chi connectivity index (χ0v) is 9.82. The van der Waals surface area contributed by atoms with E-state index in [-0.39, 0.29) is 18.4 Å². The Kier molecular flexibility index (Phi) is 7.20. The molecule has 0 radical (unpaired) electrons. The summed E-state index contributed by atoms with van der Waals surface area (Å²) in [4.78, 5) is 22.2. The van der Waals surface area contributed by atoms with Crippen molar-refractivity contribution in [3.8, 4) is 0 Å². The largest absolute Gasteiger partial charge is 0.480 e. The van der Waals surface area contributed by atoms with Crippen LogP contribution in [0.15, 0.2) is 12.7 Å². The maximum Gasteiger partial charge on any atom is 0.326 e. The number of carbonyl (C=O) groups is 2. The molecular weight excluding hydrogens is 208 g/mol. The molecule has 0 aliphatic rings. The highest BCUT2D eigenvalue weighted by molar-refractivity contribution is 5.84. The van der Waals surface area contributed by atoms with Gasteiger partial charge in [-0.25, -0.2) is 4.79 Å². The van der Waals surface area contributed by atoms with Crippen LogP contribution in [0.5, 0.6) is 0 Å². The van der Waals surface area contributed by atoms with Crippen LogP contribution in [0.1, 0.15) is 20.3 Å². The van der Waals surface area contributed by atoms with Crippen LogP contribution in [-0.4, -0.2) is 36.1 Å². The van der Waals surface area contributed by atoms with E-state index in [4.69, 9.17) is 5.11 Å². The predicted molar refractivity (Wildman–Crippen MR) is 62.1 cm³/mol. The van der Waals surface area contributed by atoms with E-state index in [1.54, 1.807) is 6.08 Å². The standard InChI is InChI=1S/C11H20N2O3/c1-4-5-12-7-10(14)13-9(11(15)16)6-8(2)3/h4,8-9,12H,1,5-7H2,2-3H3,(H,13,14)(H,15,16)/t9-/m0/s1. The third-order valence-electron chi connectivity index (χ3n) is 1.91. The molecule has 0 fully saturated rings. The van der Waals surface area contributed by atoms with Gasteiger partial charge < -0.3 is 15.7 Å². The molecule has 0 aromatic rings. The molecular formula is C11H20N2O3. The minimum Gasteiger partial charge on any atom is -0.480 e. The van der Waals surface area contributed by atoms with Crippen molar-refractivity contribution in [2.24, 2.45) is 5.92 Å². The monoisotopic (exact) mass is 228 g/mol. The van der Waals surface area contributed by atoms with E-state index in [0.717, 1.165) is 0 Å². The van der Waals surface area contributed by atoms with Gasteiger partial charge in [-0.05, 0) is 12.3 Å². The molecule has 0 heterocycles. The lowest BCUT2D eigenvalue weighted by Gasteiger charge is -2.16. The predicted octanol–water partition coefficient (Wildman–Crippen LogP) is 0.377. The van der Waals surface area contributed by atoms with Crippen LogP contribution in [0, 0.1) is 5.92 Å². The molecule has 0 spiro atoms. The summed E-state index contributed by atoms with van der Waals surface area (Å²) in [7, 11) is 0. The molecule has 92 valence electrons. The van der Waals surface area contributed by atoms with E-state index >= 15 is 0 Å². The van der Waals surface area contributed by atoms with Gasteiger partial charge in [-0.2, -0.15) is 0 Å². The average Bonchev–Trinajstić information content (AvgIpc) is 2.16. The Labute approximate surface area is 95.9 Å². The van der Waals surface area contributed by atoms with Crippen molar-refractivity contribution in [1.29, 1.82) is 0 Å². The van der Waals surface area contributed by atoms with Crippen molar-refractivity contribution in [3.05, 3.63) is 12.7 Å². The molecule has 0 rings (SSSR count). The topological polar surface area (TPSA) is 78.4 Å². The molecule has 5 nitrogen and oxygen atoms in total. The summed E-state index contributed by atoms with van der Waals surface area (Å²) >= 11 is 0. The number of nitrogens with one attached hydrogen (secondary N) is 2. The molecule has 0 aliphatic carbocycles. The normalized spacial score (nSPS) is 12.2. The van der Waals surface area contributed by atoms with Gasteiger partial charge in [-0.3, -0.25) is 4.79 Å². The summed E-state index contributed by atoms with van der Waals surface area (Å²) in [6.07, 6.45) is 2.07. The van der Waals surface area contributed by atoms with Crippen LogP contribution in [0.25, 0.3) is 0 Å². The third-order valence-corrected chi connectivity index (χ3v) is 1.91. The molecule has 0 bridgehead atoms. The summed E-state index contributed by atoms with van der Waals surface area (Å²) in [5, 5.41) is 14.2. The number of hydrogen-bond donors (Lipinski definition) is 3. The maximum absolute atomic E-state index is 11.3. The highest BCUT2D eigenvalue weighted by Gasteiger charge is 2.20. The molecule has 0 aromatic heterocycles. The quantitative estimate of drug-likeness (QED) is 0.414. The van der Waals surface area contributed by atoms with Gasteiger partial charge in [0.2, 0.25) is 5.91 Å². The number of hydrogen-bond acceptors (Lipinski definition) is 3. The highest BCUT2D eigenvalue weighted by Crippen LogP contribution is 2.04. The van der Waals surface area contributed by atoms with Gasteiger partial charge in [0.25, 0.3) is 0 Å². The molecule has 0 saturated carbocycles. The third kappa shape index (κ3) is 7.00. The van der Waals surface area contributed by atoms with Gasteiger partial charge in [-0.1, -0.05) is 19.9 Å². The zero-order chi connectivity index (χ0) is 12.6. The number of carboxylic acids is 1. The van der Waals surface area contributed by atoms with Crippen LogP contribution in [-0.2, 0) is 9.59 Å². The van der Waals surface area contributed by atoms with Crippen molar-refractivity contribution in [2.75, 3.05) is 13.1 Å². The first-order chi connectivity index (χ1) is 7.47. The van der Waals surface area contributed by atoms with E-state index in [1.165, 1.54) is 0 Å². The number of amides is 1. The van der Waals surface area contributed by atoms with Crippen LogP contribution < -0.4 is 10.6 Å². The van der Waals surface area contributed by atoms with Crippen LogP contribution >= 0.6 is 0 Å². The minimum atomic E-state index is -0.995. The van der Waals surface area contributed by atoms with Crippen LogP contribution in [0.3, 0.4) is 0 Å². The van der Waals surface area contributed by atoms with Crippen molar-refractivity contribution < 1.29 is 14.7 Å². The summed E-state index contributed by atoms with van der Waals surface area (Å²) in [5.41, 5.74) is 0. The Bertz CT molecular complexity index is 252. The lowest BCUT2D eigenvalue weighted by molar-refractivity contribution is -0.142. The fraction of sp³-hybridized carbons (Fsp3) is 0.636. The van der Waals surface area contributed by atoms with Crippen LogP contribution in [0.2, 0.25) is 0 Å². The Balaban J connectivity index is 4.03. The summed E-state index contributed by atoms with van der Waals surface area (Å²) in [6, 6.07) is -0.807. The first kappa shape index (κ1) is 14.6. The SMILES string of the molecule is C=CCNCC(=O)N[C@@H](CC(C)C)C(=O)O. The average molecular weight is 228 g/mol. The lowest BCUT2D eigenvalue weighted by atomic mass is 10.0.